The monoisotopic (exact) mass is 365 g/mol. The number of nitrogens with one attached hydrogen (secondary N) is 3. The Balaban J connectivity index is 1.78. The minimum absolute atomic E-state index is 0.197. The van der Waals surface area contributed by atoms with Gasteiger partial charge >= 0.3 is 6.09 Å². The molecule has 3 aromatic rings. The number of fused-ring (bicyclic) bond motifs is 1. The SMILES string of the molecule is CNC(=O)OC(Cc1c[nH]c2ccccc12)C(=O)NC(C)c1ccccc1. The number of hydrogen-bond acceptors (Lipinski definition) is 3. The summed E-state index contributed by atoms with van der Waals surface area (Å²) in [5.74, 6) is -0.333. The van der Waals surface area contributed by atoms with E-state index in [2.05, 4.69) is 15.6 Å². The minimum Gasteiger partial charge on any atom is -0.436 e. The van der Waals surface area contributed by atoms with Crippen molar-refractivity contribution in [3.05, 3.63) is 71.9 Å². The van der Waals surface area contributed by atoms with Gasteiger partial charge in [0, 0.05) is 30.6 Å². The van der Waals surface area contributed by atoms with Gasteiger partial charge in [-0.15, -0.1) is 0 Å². The number of alkyl carbamates (subject to hydrolysis) is 1. The fraction of sp³-hybridized carbons (Fsp3) is 0.238. The highest BCUT2D eigenvalue weighted by Gasteiger charge is 2.25. The zero-order chi connectivity index (χ0) is 19.2. The van der Waals surface area contributed by atoms with E-state index in [-0.39, 0.29) is 18.4 Å². The highest BCUT2D eigenvalue weighted by Crippen LogP contribution is 2.20. The van der Waals surface area contributed by atoms with Gasteiger partial charge in [-0.3, -0.25) is 4.79 Å². The van der Waals surface area contributed by atoms with Crippen molar-refractivity contribution >= 4 is 22.9 Å². The van der Waals surface area contributed by atoms with Gasteiger partial charge in [-0.25, -0.2) is 4.79 Å². The third-order valence-corrected chi connectivity index (χ3v) is 4.48. The lowest BCUT2D eigenvalue weighted by atomic mass is 10.0. The molecule has 0 aliphatic carbocycles. The molecule has 6 heteroatoms. The summed E-state index contributed by atoms with van der Waals surface area (Å²) in [6.45, 7) is 1.90. The molecule has 2 amide bonds. The fourth-order valence-electron chi connectivity index (χ4n) is 3.01. The maximum atomic E-state index is 12.8. The second kappa shape index (κ2) is 8.40. The number of benzene rings is 2. The zero-order valence-electron chi connectivity index (χ0n) is 15.4. The van der Waals surface area contributed by atoms with Gasteiger partial charge in [0.05, 0.1) is 6.04 Å². The van der Waals surface area contributed by atoms with E-state index in [0.29, 0.717) is 0 Å². The van der Waals surface area contributed by atoms with Crippen LogP contribution < -0.4 is 10.6 Å². The third-order valence-electron chi connectivity index (χ3n) is 4.48. The van der Waals surface area contributed by atoms with Crippen molar-refractivity contribution in [3.8, 4) is 0 Å². The van der Waals surface area contributed by atoms with Crippen LogP contribution >= 0.6 is 0 Å². The predicted molar refractivity (Wildman–Crippen MR) is 104 cm³/mol. The number of carbonyl (C=O) groups is 2. The quantitative estimate of drug-likeness (QED) is 0.627. The van der Waals surface area contributed by atoms with Gasteiger partial charge < -0.3 is 20.4 Å². The summed E-state index contributed by atoms with van der Waals surface area (Å²) >= 11 is 0. The van der Waals surface area contributed by atoms with Crippen LogP contribution in [0.2, 0.25) is 0 Å². The molecule has 2 unspecified atom stereocenters. The molecule has 0 fully saturated rings. The largest absolute Gasteiger partial charge is 0.436 e. The summed E-state index contributed by atoms with van der Waals surface area (Å²) in [5, 5.41) is 6.34. The van der Waals surface area contributed by atoms with Crippen LogP contribution in [0.15, 0.2) is 60.8 Å². The molecule has 0 aliphatic rings. The van der Waals surface area contributed by atoms with Crippen LogP contribution in [0.4, 0.5) is 4.79 Å². The predicted octanol–water partition coefficient (Wildman–Crippen LogP) is 3.31. The highest BCUT2D eigenvalue weighted by molar-refractivity contribution is 5.87. The third kappa shape index (κ3) is 4.47. The van der Waals surface area contributed by atoms with E-state index in [1.165, 1.54) is 7.05 Å². The lowest BCUT2D eigenvalue weighted by Crippen LogP contribution is -2.41. The molecule has 0 aliphatic heterocycles. The summed E-state index contributed by atoms with van der Waals surface area (Å²) in [4.78, 5) is 27.7. The van der Waals surface area contributed by atoms with Gasteiger partial charge in [0.15, 0.2) is 6.10 Å². The van der Waals surface area contributed by atoms with E-state index < -0.39 is 12.2 Å². The van der Waals surface area contributed by atoms with E-state index >= 15 is 0 Å². The molecule has 2 aromatic carbocycles. The van der Waals surface area contributed by atoms with E-state index in [0.717, 1.165) is 22.0 Å². The first-order chi connectivity index (χ1) is 13.1. The second-order valence-electron chi connectivity index (χ2n) is 6.35. The fourth-order valence-corrected chi connectivity index (χ4v) is 3.01. The van der Waals surface area contributed by atoms with Crippen LogP contribution in [0.3, 0.4) is 0 Å². The van der Waals surface area contributed by atoms with Crippen LogP contribution in [0.5, 0.6) is 0 Å². The number of rotatable bonds is 6. The van der Waals surface area contributed by atoms with Crippen molar-refractivity contribution in [2.24, 2.45) is 0 Å². The summed E-state index contributed by atoms with van der Waals surface area (Å²) in [7, 11) is 1.47. The molecule has 0 spiro atoms. The van der Waals surface area contributed by atoms with Crippen molar-refractivity contribution in [2.45, 2.75) is 25.5 Å². The van der Waals surface area contributed by atoms with Crippen molar-refractivity contribution in [2.75, 3.05) is 7.05 Å². The van der Waals surface area contributed by atoms with Gasteiger partial charge in [-0.2, -0.15) is 0 Å². The first-order valence-corrected chi connectivity index (χ1v) is 8.87. The minimum atomic E-state index is -0.935. The average molecular weight is 365 g/mol. The standard InChI is InChI=1S/C21H23N3O3/c1-14(15-8-4-3-5-9-15)24-20(25)19(27-21(26)22-2)12-16-13-23-18-11-7-6-10-17(16)18/h3-11,13-14,19,23H,12H2,1-2H3,(H,22,26)(H,24,25). The lowest BCUT2D eigenvalue weighted by molar-refractivity contribution is -0.130. The molecule has 0 bridgehead atoms. The van der Waals surface area contributed by atoms with Crippen molar-refractivity contribution < 1.29 is 14.3 Å². The Labute approximate surface area is 157 Å². The van der Waals surface area contributed by atoms with Crippen LogP contribution in [0, 0.1) is 0 Å². The van der Waals surface area contributed by atoms with Gasteiger partial charge in [0.25, 0.3) is 5.91 Å². The molecular weight excluding hydrogens is 342 g/mol. The van der Waals surface area contributed by atoms with Gasteiger partial charge in [0.1, 0.15) is 0 Å². The molecule has 3 N–H and O–H groups in total. The molecular formula is C21H23N3O3. The number of ether oxygens (including phenoxy) is 1. The first kappa shape index (κ1) is 18.5. The van der Waals surface area contributed by atoms with Crippen LogP contribution in [-0.2, 0) is 16.0 Å². The number of para-hydroxylation sites is 1. The Hall–Kier alpha value is -3.28. The number of amides is 2. The normalized spacial score (nSPS) is 13.0. The smallest absolute Gasteiger partial charge is 0.407 e. The first-order valence-electron chi connectivity index (χ1n) is 8.87. The van der Waals surface area contributed by atoms with Crippen LogP contribution in [0.1, 0.15) is 24.1 Å². The molecule has 27 heavy (non-hydrogen) atoms. The highest BCUT2D eigenvalue weighted by atomic mass is 16.6. The van der Waals surface area contributed by atoms with Crippen LogP contribution in [0.25, 0.3) is 10.9 Å². The van der Waals surface area contributed by atoms with Crippen LogP contribution in [-0.4, -0.2) is 30.1 Å². The maximum Gasteiger partial charge on any atom is 0.407 e. The van der Waals surface area contributed by atoms with Gasteiger partial charge in [-0.1, -0.05) is 48.5 Å². The zero-order valence-corrected chi connectivity index (χ0v) is 15.4. The molecule has 6 nitrogen and oxygen atoms in total. The van der Waals surface area contributed by atoms with E-state index in [1.807, 2.05) is 67.7 Å². The number of H-pyrrole nitrogens is 1. The molecule has 1 aromatic heterocycles. The Kier molecular flexibility index (Phi) is 5.76. The summed E-state index contributed by atoms with van der Waals surface area (Å²) < 4.78 is 5.34. The number of aromatic amines is 1. The number of hydrogen-bond donors (Lipinski definition) is 3. The number of carbonyl (C=O) groups excluding carboxylic acids is 2. The molecule has 0 saturated heterocycles. The maximum absolute atomic E-state index is 12.8. The van der Waals surface area contributed by atoms with E-state index in [4.69, 9.17) is 4.74 Å². The lowest BCUT2D eigenvalue weighted by Gasteiger charge is -2.20. The molecule has 0 radical (unpaired) electrons. The van der Waals surface area contributed by atoms with E-state index in [9.17, 15) is 9.59 Å². The Morgan fingerprint density at radius 3 is 2.52 bits per heavy atom. The van der Waals surface area contributed by atoms with E-state index in [1.54, 1.807) is 0 Å². The second-order valence-corrected chi connectivity index (χ2v) is 6.35. The topological polar surface area (TPSA) is 83.2 Å². The van der Waals surface area contributed by atoms with Crippen molar-refractivity contribution in [1.29, 1.82) is 0 Å². The van der Waals surface area contributed by atoms with Gasteiger partial charge in [0.2, 0.25) is 0 Å². The number of aromatic nitrogens is 1. The Morgan fingerprint density at radius 1 is 1.07 bits per heavy atom. The summed E-state index contributed by atoms with van der Waals surface area (Å²) in [6.07, 6.45) is 0.557. The Bertz CT molecular complexity index is 921. The molecule has 2 atom stereocenters. The van der Waals surface area contributed by atoms with Crippen molar-refractivity contribution in [1.82, 2.24) is 15.6 Å². The summed E-state index contributed by atoms with van der Waals surface area (Å²) in [6, 6.07) is 17.3. The average Bonchev–Trinajstić information content (AvgIpc) is 3.11. The molecule has 140 valence electrons. The Morgan fingerprint density at radius 2 is 1.78 bits per heavy atom. The van der Waals surface area contributed by atoms with Crippen molar-refractivity contribution in [3.63, 3.8) is 0 Å². The molecule has 0 saturated carbocycles. The summed E-state index contributed by atoms with van der Waals surface area (Å²) in [5.41, 5.74) is 2.88. The molecule has 1 heterocycles. The van der Waals surface area contributed by atoms with Gasteiger partial charge in [-0.05, 0) is 24.1 Å². The molecule has 3 rings (SSSR count).